The van der Waals surface area contributed by atoms with Gasteiger partial charge in [-0.1, -0.05) is 24.3 Å². The molecule has 0 bridgehead atoms. The SMILES string of the molecule is CC(=O)NCc1ccc2c(c1)C(=O)C(C)(C)O2.CC1(C)Oc2ccc(CN)cc2C1=O.COc1ccc(CNC(C)=O)cc1. The Morgan fingerprint density at radius 3 is 1.55 bits per heavy atom. The molecule has 0 aliphatic carbocycles. The highest BCUT2D eigenvalue weighted by Gasteiger charge is 2.40. The van der Waals surface area contributed by atoms with Crippen molar-refractivity contribution in [3.05, 3.63) is 88.5 Å². The van der Waals surface area contributed by atoms with Crippen molar-refractivity contribution >= 4 is 23.4 Å². The number of amides is 2. The summed E-state index contributed by atoms with van der Waals surface area (Å²) in [6, 6.07) is 18.5. The number of rotatable bonds is 6. The molecule has 10 heteroatoms. The van der Waals surface area contributed by atoms with Gasteiger partial charge in [0.1, 0.15) is 17.2 Å². The highest BCUT2D eigenvalue weighted by molar-refractivity contribution is 6.07. The number of hydrogen-bond acceptors (Lipinski definition) is 8. The smallest absolute Gasteiger partial charge is 0.217 e. The van der Waals surface area contributed by atoms with Gasteiger partial charge in [-0.3, -0.25) is 19.2 Å². The third-order valence-electron chi connectivity index (χ3n) is 6.88. The van der Waals surface area contributed by atoms with E-state index in [-0.39, 0.29) is 23.4 Å². The van der Waals surface area contributed by atoms with Crippen molar-refractivity contribution < 1.29 is 33.4 Å². The van der Waals surface area contributed by atoms with Crippen molar-refractivity contribution in [2.45, 2.75) is 72.4 Å². The molecular weight excluding hydrogens is 562 g/mol. The molecule has 5 rings (SSSR count). The molecule has 10 nitrogen and oxygen atoms in total. The van der Waals surface area contributed by atoms with Crippen LogP contribution in [0.1, 0.15) is 78.9 Å². The summed E-state index contributed by atoms with van der Waals surface area (Å²) in [6.07, 6.45) is 0. The molecule has 0 spiro atoms. The standard InChI is InChI=1S/C13H15NO3.C11H13NO2.C10H13NO2/c1-8(15)14-7-9-4-5-11-10(6-9)12(16)13(2,3)17-11;1-11(2)10(13)8-5-7(6-12)3-4-9(8)14-11;1-8(12)11-7-9-3-5-10(13-2)6-4-9/h4-6H,7H2,1-3H3,(H,14,15);3-5H,6,12H2,1-2H3;3-6H,7H2,1-2H3,(H,11,12). The summed E-state index contributed by atoms with van der Waals surface area (Å²) in [7, 11) is 1.63. The molecule has 0 aromatic heterocycles. The maximum Gasteiger partial charge on any atom is 0.217 e. The van der Waals surface area contributed by atoms with Gasteiger partial charge in [-0.05, 0) is 80.8 Å². The molecule has 234 valence electrons. The fourth-order valence-electron chi connectivity index (χ4n) is 4.41. The van der Waals surface area contributed by atoms with Crippen LogP contribution in [0.25, 0.3) is 0 Å². The van der Waals surface area contributed by atoms with E-state index in [2.05, 4.69) is 10.6 Å². The number of fused-ring (bicyclic) bond motifs is 2. The number of methoxy groups -OCH3 is 1. The van der Waals surface area contributed by atoms with Gasteiger partial charge in [0.2, 0.25) is 23.4 Å². The van der Waals surface area contributed by atoms with Crippen LogP contribution in [0, 0.1) is 0 Å². The lowest BCUT2D eigenvalue weighted by Gasteiger charge is -2.14. The molecule has 44 heavy (non-hydrogen) atoms. The first kappa shape index (κ1) is 33.8. The predicted molar refractivity (Wildman–Crippen MR) is 167 cm³/mol. The Kier molecular flexibility index (Phi) is 10.9. The molecule has 3 aromatic rings. The maximum atomic E-state index is 12.0. The number of benzene rings is 3. The average Bonchev–Trinajstić information content (AvgIpc) is 3.36. The van der Waals surface area contributed by atoms with Crippen molar-refractivity contribution in [1.82, 2.24) is 10.6 Å². The zero-order chi connectivity index (χ0) is 32.7. The van der Waals surface area contributed by atoms with Crippen LogP contribution in [-0.2, 0) is 29.2 Å². The average molecular weight is 604 g/mol. The molecule has 0 unspecified atom stereocenters. The fourth-order valence-corrected chi connectivity index (χ4v) is 4.41. The minimum Gasteiger partial charge on any atom is -0.497 e. The highest BCUT2D eigenvalue weighted by atomic mass is 16.5. The molecule has 0 atom stereocenters. The zero-order valence-corrected chi connectivity index (χ0v) is 26.3. The number of ether oxygens (including phenoxy) is 3. The first-order valence-corrected chi connectivity index (χ1v) is 14.2. The van der Waals surface area contributed by atoms with E-state index in [1.807, 2.05) is 48.5 Å². The molecule has 2 amide bonds. The van der Waals surface area contributed by atoms with Crippen molar-refractivity contribution in [2.75, 3.05) is 7.11 Å². The quantitative estimate of drug-likeness (QED) is 0.373. The number of nitrogens with two attached hydrogens (primary N) is 1. The number of nitrogens with one attached hydrogen (secondary N) is 2. The van der Waals surface area contributed by atoms with Crippen LogP contribution in [0.2, 0.25) is 0 Å². The monoisotopic (exact) mass is 603 g/mol. The summed E-state index contributed by atoms with van der Waals surface area (Å²) in [6.45, 7) is 11.5. The van der Waals surface area contributed by atoms with Gasteiger partial charge in [0.05, 0.1) is 18.2 Å². The van der Waals surface area contributed by atoms with Crippen molar-refractivity contribution in [2.24, 2.45) is 5.73 Å². The number of Topliss-reactive ketones (excluding diaryl/α,β-unsaturated/α-hetero) is 2. The van der Waals surface area contributed by atoms with Crippen LogP contribution in [0.4, 0.5) is 0 Å². The van der Waals surface area contributed by atoms with E-state index in [4.69, 9.17) is 19.9 Å². The van der Waals surface area contributed by atoms with Gasteiger partial charge in [-0.25, -0.2) is 0 Å². The number of carbonyl (C=O) groups excluding carboxylic acids is 4. The molecular formula is C34H41N3O7. The highest BCUT2D eigenvalue weighted by Crippen LogP contribution is 2.36. The molecule has 2 aliphatic rings. The van der Waals surface area contributed by atoms with E-state index in [1.54, 1.807) is 46.9 Å². The molecule has 0 fully saturated rings. The molecule has 2 heterocycles. The van der Waals surface area contributed by atoms with Gasteiger partial charge in [0.25, 0.3) is 0 Å². The molecule has 0 saturated heterocycles. The number of carbonyl (C=O) groups is 4. The van der Waals surface area contributed by atoms with Crippen LogP contribution in [0.15, 0.2) is 60.7 Å². The zero-order valence-electron chi connectivity index (χ0n) is 26.3. The van der Waals surface area contributed by atoms with E-state index >= 15 is 0 Å². The Bertz CT molecular complexity index is 1530. The summed E-state index contributed by atoms with van der Waals surface area (Å²) < 4.78 is 16.1. The first-order chi connectivity index (χ1) is 20.7. The van der Waals surface area contributed by atoms with Crippen molar-refractivity contribution in [1.29, 1.82) is 0 Å². The number of ketones is 2. The molecule has 4 N–H and O–H groups in total. The van der Waals surface area contributed by atoms with Gasteiger partial charge in [0, 0.05) is 33.5 Å². The summed E-state index contributed by atoms with van der Waals surface area (Å²) in [5, 5.41) is 5.42. The Morgan fingerprint density at radius 1 is 0.705 bits per heavy atom. The van der Waals surface area contributed by atoms with Crippen LogP contribution >= 0.6 is 0 Å². The third-order valence-corrected chi connectivity index (χ3v) is 6.88. The van der Waals surface area contributed by atoms with Crippen LogP contribution in [0.5, 0.6) is 17.2 Å². The largest absolute Gasteiger partial charge is 0.497 e. The lowest BCUT2D eigenvalue weighted by Crippen LogP contribution is -2.31. The minimum atomic E-state index is -0.783. The predicted octanol–water partition coefficient (Wildman–Crippen LogP) is 4.51. The van der Waals surface area contributed by atoms with E-state index < -0.39 is 11.2 Å². The summed E-state index contributed by atoms with van der Waals surface area (Å²) >= 11 is 0. The summed E-state index contributed by atoms with van der Waals surface area (Å²) in [5.41, 5.74) is 8.16. The number of hydrogen-bond donors (Lipinski definition) is 3. The summed E-state index contributed by atoms with van der Waals surface area (Å²) in [5.74, 6) is 2.01. The van der Waals surface area contributed by atoms with E-state index in [0.717, 1.165) is 22.4 Å². The van der Waals surface area contributed by atoms with E-state index in [1.165, 1.54) is 13.8 Å². The van der Waals surface area contributed by atoms with Crippen LogP contribution in [-0.4, -0.2) is 41.7 Å². The van der Waals surface area contributed by atoms with Crippen LogP contribution in [0.3, 0.4) is 0 Å². The summed E-state index contributed by atoms with van der Waals surface area (Å²) in [4.78, 5) is 45.2. The first-order valence-electron chi connectivity index (χ1n) is 14.2. The Hall–Kier alpha value is -4.70. The second kappa shape index (κ2) is 14.2. The minimum absolute atomic E-state index is 0.0165. The Balaban J connectivity index is 0.000000182. The van der Waals surface area contributed by atoms with Crippen molar-refractivity contribution in [3.63, 3.8) is 0 Å². The molecule has 2 aliphatic heterocycles. The van der Waals surface area contributed by atoms with Crippen molar-refractivity contribution in [3.8, 4) is 17.2 Å². The maximum absolute atomic E-state index is 12.0. The van der Waals surface area contributed by atoms with Gasteiger partial charge >= 0.3 is 0 Å². The molecule has 0 radical (unpaired) electrons. The third kappa shape index (κ3) is 8.67. The lowest BCUT2D eigenvalue weighted by molar-refractivity contribution is -0.120. The van der Waals surface area contributed by atoms with Crippen LogP contribution < -0.4 is 30.6 Å². The van der Waals surface area contributed by atoms with E-state index in [0.29, 0.717) is 42.3 Å². The van der Waals surface area contributed by atoms with Gasteiger partial charge in [0.15, 0.2) is 11.2 Å². The fraction of sp³-hybridized carbons (Fsp3) is 0.353. The lowest BCUT2D eigenvalue weighted by atomic mass is 9.98. The topological polar surface area (TPSA) is 146 Å². The molecule has 3 aromatic carbocycles. The van der Waals surface area contributed by atoms with Gasteiger partial charge < -0.3 is 30.6 Å². The second-order valence-electron chi connectivity index (χ2n) is 11.4. The second-order valence-corrected chi connectivity index (χ2v) is 11.4. The van der Waals surface area contributed by atoms with Gasteiger partial charge in [-0.15, -0.1) is 0 Å². The molecule has 0 saturated carbocycles. The van der Waals surface area contributed by atoms with E-state index in [9.17, 15) is 19.2 Å². The Morgan fingerprint density at radius 2 is 1.11 bits per heavy atom. The Labute approximate surface area is 258 Å². The normalized spacial score (nSPS) is 14.7. The van der Waals surface area contributed by atoms with Gasteiger partial charge in [-0.2, -0.15) is 0 Å².